The van der Waals surface area contributed by atoms with Gasteiger partial charge in [0.1, 0.15) is 6.34 Å². The molecule has 0 radical (unpaired) electrons. The van der Waals surface area contributed by atoms with E-state index in [1.54, 1.807) is 17.0 Å². The van der Waals surface area contributed by atoms with Crippen LogP contribution in [-0.2, 0) is 0 Å². The van der Waals surface area contributed by atoms with Crippen LogP contribution in [0.25, 0.3) is 0 Å². The molecule has 0 unspecified atom stereocenters. The fraction of sp³-hybridized carbons (Fsp3) is 0.200. The largest absolute Gasteiger partial charge is 0.399 e. The Labute approximate surface area is 110 Å². The fourth-order valence-corrected chi connectivity index (χ4v) is 2.24. The summed E-state index contributed by atoms with van der Waals surface area (Å²) in [6, 6.07) is 7.23. The number of nitrogen functional groups attached to an aromatic ring is 1. The number of hydrazone groups is 1. The van der Waals surface area contributed by atoms with Gasteiger partial charge in [0.15, 0.2) is 3.76 Å². The summed E-state index contributed by atoms with van der Waals surface area (Å²) in [4.78, 5) is 3.87. The van der Waals surface area contributed by atoms with Crippen LogP contribution in [-0.4, -0.2) is 27.0 Å². The lowest BCUT2D eigenvalue weighted by molar-refractivity contribution is 0.773. The van der Waals surface area contributed by atoms with E-state index in [9.17, 15) is 0 Å². The van der Waals surface area contributed by atoms with Crippen LogP contribution in [0.15, 0.2) is 39.6 Å². The minimum Gasteiger partial charge on any atom is -0.399 e. The first-order chi connectivity index (χ1) is 8.17. The molecule has 7 heteroatoms. The van der Waals surface area contributed by atoms with E-state index in [-0.39, 0.29) is 20.7 Å². The average molecular weight is 346 g/mol. The highest BCUT2D eigenvalue weighted by molar-refractivity contribution is 14.2. The predicted molar refractivity (Wildman–Crippen MR) is 80.8 cm³/mol. The molecular formula is C10H15IN6. The molecule has 0 aromatic heterocycles. The molecule has 0 aliphatic carbocycles. The van der Waals surface area contributed by atoms with Crippen molar-refractivity contribution in [1.82, 2.24) is 4.90 Å². The van der Waals surface area contributed by atoms with Gasteiger partial charge >= 0.3 is 0 Å². The monoisotopic (exact) mass is 346 g/mol. The summed E-state index contributed by atoms with van der Waals surface area (Å²) in [7, 11) is 1.84. The molecule has 0 saturated heterocycles. The maximum Gasteiger partial charge on any atom is 0.183 e. The van der Waals surface area contributed by atoms with Gasteiger partial charge in [-0.2, -0.15) is 5.10 Å². The Balaban J connectivity index is 2.78. The molecule has 0 fully saturated rings. The smallest absolute Gasteiger partial charge is 0.183 e. The van der Waals surface area contributed by atoms with Gasteiger partial charge in [0.25, 0.3) is 0 Å². The summed E-state index contributed by atoms with van der Waals surface area (Å²) in [6.45, 7) is 0. The van der Waals surface area contributed by atoms with Crippen LogP contribution in [0.3, 0.4) is 0 Å². The summed E-state index contributed by atoms with van der Waals surface area (Å²) in [6.07, 6.45) is 1.51. The van der Waals surface area contributed by atoms with E-state index < -0.39 is 0 Å². The van der Waals surface area contributed by atoms with E-state index in [1.165, 1.54) is 6.34 Å². The zero-order chi connectivity index (χ0) is 12.7. The van der Waals surface area contributed by atoms with Crippen molar-refractivity contribution in [1.29, 1.82) is 0 Å². The van der Waals surface area contributed by atoms with Gasteiger partial charge < -0.3 is 16.5 Å². The number of nitrogens with two attached hydrogens (primary N) is 2. The maximum absolute atomic E-state index is 5.59. The van der Waals surface area contributed by atoms with Gasteiger partial charge in [0, 0.05) is 12.7 Å². The van der Waals surface area contributed by atoms with Crippen molar-refractivity contribution in [2.75, 3.05) is 17.7 Å². The van der Waals surface area contributed by atoms with Crippen LogP contribution >= 0.6 is 20.7 Å². The number of alkyl halides is 1. The van der Waals surface area contributed by atoms with Crippen molar-refractivity contribution in [2.45, 2.75) is 0 Å². The Morgan fingerprint density at radius 3 is 2.53 bits per heavy atom. The van der Waals surface area contributed by atoms with E-state index in [4.69, 9.17) is 11.6 Å². The highest BCUT2D eigenvalue weighted by Gasteiger charge is 1.99. The first kappa shape index (κ1) is 13.6. The van der Waals surface area contributed by atoms with E-state index in [0.29, 0.717) is 5.69 Å². The molecule has 1 aromatic carbocycles. The Bertz CT molecular complexity index is 437. The lowest BCUT2D eigenvalue weighted by Gasteiger charge is -2.09. The van der Waals surface area contributed by atoms with Crippen molar-refractivity contribution in [2.24, 2.45) is 21.2 Å². The molecule has 6 nitrogen and oxygen atoms in total. The third-order valence-corrected chi connectivity index (χ3v) is 3.78. The summed E-state index contributed by atoms with van der Waals surface area (Å²) in [5.41, 5.74) is 7.07. The highest BCUT2D eigenvalue weighted by Crippen LogP contribution is 2.15. The normalized spacial score (nSPS) is 12.9. The zero-order valence-corrected chi connectivity index (χ0v) is 11.9. The molecule has 0 aliphatic heterocycles. The second-order valence-corrected chi connectivity index (χ2v) is 5.17. The Morgan fingerprint density at radius 2 is 2.00 bits per heavy atom. The number of anilines is 1. The SMILES string of the molecule is CI=C(N=Nc1ccc(N)cc1)N(C)/C=N\N. The van der Waals surface area contributed by atoms with Gasteiger partial charge in [-0.1, -0.05) is 20.7 Å². The molecule has 0 amide bonds. The third kappa shape index (κ3) is 4.47. The molecule has 0 spiro atoms. The van der Waals surface area contributed by atoms with E-state index in [1.807, 2.05) is 19.2 Å². The lowest BCUT2D eigenvalue weighted by atomic mass is 10.3. The first-order valence-electron chi connectivity index (χ1n) is 4.77. The van der Waals surface area contributed by atoms with Crippen molar-refractivity contribution in [3.63, 3.8) is 0 Å². The summed E-state index contributed by atoms with van der Waals surface area (Å²) in [5, 5.41) is 11.8. The second-order valence-electron chi connectivity index (χ2n) is 3.12. The predicted octanol–water partition coefficient (Wildman–Crippen LogP) is 1.87. The number of benzene rings is 1. The number of nitrogens with zero attached hydrogens (tertiary/aromatic N) is 4. The van der Waals surface area contributed by atoms with Gasteiger partial charge in [-0.05, 0) is 29.2 Å². The summed E-state index contributed by atoms with van der Waals surface area (Å²) >= 11 is -0.205. The number of halogens is 1. The van der Waals surface area contributed by atoms with Crippen molar-refractivity contribution < 1.29 is 0 Å². The molecule has 1 rings (SSSR count). The number of hydrogen-bond donors (Lipinski definition) is 2. The van der Waals surface area contributed by atoms with Crippen LogP contribution in [0.1, 0.15) is 0 Å². The van der Waals surface area contributed by atoms with E-state index >= 15 is 0 Å². The van der Waals surface area contributed by atoms with Crippen LogP contribution in [0.4, 0.5) is 11.4 Å². The van der Waals surface area contributed by atoms with Crippen molar-refractivity contribution >= 4 is 42.2 Å². The molecular weight excluding hydrogens is 331 g/mol. The maximum atomic E-state index is 5.59. The first-order valence-corrected chi connectivity index (χ1v) is 8.01. The molecule has 1 aromatic rings. The Kier molecular flexibility index (Phi) is 5.53. The lowest BCUT2D eigenvalue weighted by Crippen LogP contribution is -2.21. The van der Waals surface area contributed by atoms with Gasteiger partial charge in [-0.3, -0.25) is 0 Å². The third-order valence-electron chi connectivity index (χ3n) is 1.84. The van der Waals surface area contributed by atoms with Crippen LogP contribution in [0.5, 0.6) is 0 Å². The van der Waals surface area contributed by atoms with Gasteiger partial charge in [0.05, 0.1) is 5.69 Å². The topological polar surface area (TPSA) is 92.4 Å². The van der Waals surface area contributed by atoms with Crippen LogP contribution in [0.2, 0.25) is 0 Å². The van der Waals surface area contributed by atoms with E-state index in [0.717, 1.165) is 9.44 Å². The molecule has 0 heterocycles. The second kappa shape index (κ2) is 6.94. The van der Waals surface area contributed by atoms with Gasteiger partial charge in [-0.25, -0.2) is 0 Å². The van der Waals surface area contributed by atoms with Crippen LogP contribution < -0.4 is 11.6 Å². The average Bonchev–Trinajstić information content (AvgIpc) is 2.32. The Hall–Kier alpha value is -1.51. The highest BCUT2D eigenvalue weighted by atomic mass is 127. The number of azo groups is 1. The molecule has 4 N–H and O–H groups in total. The van der Waals surface area contributed by atoms with E-state index in [2.05, 4.69) is 20.3 Å². The minimum atomic E-state index is -0.205. The zero-order valence-electron chi connectivity index (χ0n) is 9.71. The van der Waals surface area contributed by atoms with Crippen molar-refractivity contribution in [3.05, 3.63) is 24.3 Å². The molecule has 0 saturated carbocycles. The molecule has 92 valence electrons. The Morgan fingerprint density at radius 1 is 1.35 bits per heavy atom. The van der Waals surface area contributed by atoms with Crippen LogP contribution in [0, 0.1) is 0 Å². The summed E-state index contributed by atoms with van der Waals surface area (Å²) < 4.78 is 0.884. The molecule has 0 bridgehead atoms. The van der Waals surface area contributed by atoms with Gasteiger partial charge in [0.2, 0.25) is 0 Å². The summed E-state index contributed by atoms with van der Waals surface area (Å²) in [5.74, 6) is 5.09. The fourth-order valence-electron chi connectivity index (χ4n) is 1.03. The quantitative estimate of drug-likeness (QED) is 0.127. The molecule has 17 heavy (non-hydrogen) atoms. The molecule has 0 atom stereocenters. The number of hydrogen-bond acceptors (Lipinski definition) is 5. The van der Waals surface area contributed by atoms with Gasteiger partial charge in [-0.15, -0.1) is 10.2 Å². The molecule has 0 aliphatic rings. The number of rotatable bonds is 4. The van der Waals surface area contributed by atoms with Crippen molar-refractivity contribution in [3.8, 4) is 0 Å². The standard InChI is InChI=1S/C10H15IN6/c1-11-10(17(2)7-14-13)16-15-9-5-3-8(12)4-6-9/h3-7H,12-13H2,1-2H3/b14-7-,16-15?. The minimum absolute atomic E-state index is 0.205.